The molecule has 1 heterocycles. The molecule has 0 spiro atoms. The highest BCUT2D eigenvalue weighted by Crippen LogP contribution is 2.32. The van der Waals surface area contributed by atoms with Gasteiger partial charge in [0.2, 0.25) is 0 Å². The van der Waals surface area contributed by atoms with Crippen molar-refractivity contribution < 1.29 is 24.2 Å². The third-order valence-corrected chi connectivity index (χ3v) is 2.72. The molecule has 0 radical (unpaired) electrons. The number of benzene rings is 1. The first-order chi connectivity index (χ1) is 11.0. The fourth-order valence-corrected chi connectivity index (χ4v) is 1.82. The van der Waals surface area contributed by atoms with Crippen molar-refractivity contribution in [2.45, 2.75) is 20.0 Å². The quantitative estimate of drug-likeness (QED) is 0.670. The van der Waals surface area contributed by atoms with Gasteiger partial charge in [-0.05, 0) is 13.8 Å². The van der Waals surface area contributed by atoms with E-state index in [2.05, 4.69) is 15.5 Å². The van der Waals surface area contributed by atoms with Crippen LogP contribution in [0.25, 0.3) is 0 Å². The van der Waals surface area contributed by atoms with E-state index in [1.807, 2.05) is 13.8 Å². The number of nitrogens with one attached hydrogen (secondary N) is 2. The minimum Gasteiger partial charge on any atom is -0.507 e. The molecule has 0 saturated heterocycles. The number of aromatic nitrogens is 2. The Morgan fingerprint density at radius 3 is 2.87 bits per heavy atom. The zero-order valence-electron chi connectivity index (χ0n) is 12.7. The maximum atomic E-state index is 11.8. The number of hydrogen-bond acceptors (Lipinski definition) is 6. The van der Waals surface area contributed by atoms with Crippen molar-refractivity contribution in [3.63, 3.8) is 0 Å². The number of aromatic hydroxyl groups is 1. The Bertz CT molecular complexity index is 683. The smallest absolute Gasteiger partial charge is 0.263 e. The molecule has 0 atom stereocenters. The van der Waals surface area contributed by atoms with Crippen molar-refractivity contribution >= 4 is 18.0 Å². The second kappa shape index (κ2) is 7.30. The number of carbonyl (C=O) groups is 2. The number of phenols is 1. The first-order valence-corrected chi connectivity index (χ1v) is 6.90. The summed E-state index contributed by atoms with van der Waals surface area (Å²) < 4.78 is 10.8. The van der Waals surface area contributed by atoms with Crippen LogP contribution in [0.1, 0.15) is 24.2 Å². The monoisotopic (exact) mass is 319 g/mol. The third kappa shape index (κ3) is 4.47. The van der Waals surface area contributed by atoms with Gasteiger partial charge >= 0.3 is 0 Å². The minimum atomic E-state index is -0.444. The Balaban J connectivity index is 2.09. The van der Waals surface area contributed by atoms with Crippen molar-refractivity contribution in [2.75, 3.05) is 11.9 Å². The fourth-order valence-electron chi connectivity index (χ4n) is 1.82. The molecule has 0 aliphatic heterocycles. The first-order valence-electron chi connectivity index (χ1n) is 6.90. The zero-order valence-corrected chi connectivity index (χ0v) is 12.7. The SMILES string of the molecule is CC(C)Oc1cc(O)c(C=O)c(OCC(=O)Nc2ccn[nH]2)c1. The summed E-state index contributed by atoms with van der Waals surface area (Å²) >= 11 is 0. The zero-order chi connectivity index (χ0) is 16.8. The van der Waals surface area contributed by atoms with Crippen LogP contribution < -0.4 is 14.8 Å². The number of aromatic amines is 1. The normalized spacial score (nSPS) is 10.4. The third-order valence-electron chi connectivity index (χ3n) is 2.72. The molecule has 2 aromatic rings. The number of H-pyrrole nitrogens is 1. The first kappa shape index (κ1) is 16.3. The number of ether oxygens (including phenoxy) is 2. The molecule has 23 heavy (non-hydrogen) atoms. The van der Waals surface area contributed by atoms with E-state index < -0.39 is 5.91 Å². The van der Waals surface area contributed by atoms with Gasteiger partial charge in [-0.1, -0.05) is 0 Å². The van der Waals surface area contributed by atoms with E-state index in [0.29, 0.717) is 17.9 Å². The largest absolute Gasteiger partial charge is 0.507 e. The summed E-state index contributed by atoms with van der Waals surface area (Å²) in [4.78, 5) is 22.9. The summed E-state index contributed by atoms with van der Waals surface area (Å²) in [5, 5.41) is 18.6. The number of nitrogens with zero attached hydrogens (tertiary/aromatic N) is 1. The van der Waals surface area contributed by atoms with Crippen LogP contribution in [0, 0.1) is 0 Å². The highest BCUT2D eigenvalue weighted by Gasteiger charge is 2.14. The second-order valence-corrected chi connectivity index (χ2v) is 4.95. The van der Waals surface area contributed by atoms with Gasteiger partial charge < -0.3 is 19.9 Å². The lowest BCUT2D eigenvalue weighted by Gasteiger charge is -2.14. The molecule has 0 saturated carbocycles. The molecule has 0 fully saturated rings. The maximum absolute atomic E-state index is 11.8. The van der Waals surface area contributed by atoms with Crippen LogP contribution in [0.4, 0.5) is 5.82 Å². The maximum Gasteiger partial charge on any atom is 0.263 e. The van der Waals surface area contributed by atoms with Crippen molar-refractivity contribution in [1.82, 2.24) is 10.2 Å². The predicted molar refractivity (Wildman–Crippen MR) is 82.0 cm³/mol. The van der Waals surface area contributed by atoms with Crippen molar-refractivity contribution in [3.05, 3.63) is 30.0 Å². The van der Waals surface area contributed by atoms with E-state index >= 15 is 0 Å². The lowest BCUT2D eigenvalue weighted by Crippen LogP contribution is -2.20. The van der Waals surface area contributed by atoms with Crippen LogP contribution in [0.15, 0.2) is 24.4 Å². The van der Waals surface area contributed by atoms with Gasteiger partial charge in [-0.2, -0.15) is 5.10 Å². The number of amides is 1. The van der Waals surface area contributed by atoms with Crippen LogP contribution in [-0.2, 0) is 4.79 Å². The number of rotatable bonds is 7. The molecule has 1 aromatic carbocycles. The summed E-state index contributed by atoms with van der Waals surface area (Å²) in [6, 6.07) is 4.35. The predicted octanol–water partition coefficient (Wildman–Crippen LogP) is 1.73. The lowest BCUT2D eigenvalue weighted by molar-refractivity contribution is -0.118. The molecule has 8 nitrogen and oxygen atoms in total. The van der Waals surface area contributed by atoms with Crippen molar-refractivity contribution in [3.8, 4) is 17.2 Å². The molecule has 0 unspecified atom stereocenters. The number of carbonyl (C=O) groups excluding carboxylic acids is 2. The lowest BCUT2D eigenvalue weighted by atomic mass is 10.2. The van der Waals surface area contributed by atoms with Crippen LogP contribution in [0.3, 0.4) is 0 Å². The Hall–Kier alpha value is -3.03. The summed E-state index contributed by atoms with van der Waals surface area (Å²) in [5.41, 5.74) is -0.0459. The minimum absolute atomic E-state index is 0.0459. The molecule has 8 heteroatoms. The van der Waals surface area contributed by atoms with E-state index in [0.717, 1.165) is 0 Å². The van der Waals surface area contributed by atoms with Crippen LogP contribution >= 0.6 is 0 Å². The van der Waals surface area contributed by atoms with E-state index in [1.54, 1.807) is 6.07 Å². The van der Waals surface area contributed by atoms with Gasteiger partial charge in [-0.25, -0.2) is 0 Å². The van der Waals surface area contributed by atoms with Crippen LogP contribution in [0.2, 0.25) is 0 Å². The van der Waals surface area contributed by atoms with Crippen LogP contribution in [-0.4, -0.2) is 40.2 Å². The summed E-state index contributed by atoms with van der Waals surface area (Å²) in [5.74, 6) is 0.110. The standard InChI is InChI=1S/C15H17N3O5/c1-9(2)23-10-5-12(20)11(7-19)13(6-10)22-8-15(21)17-14-3-4-16-18-14/h3-7,9,20H,8H2,1-2H3,(H2,16,17,18,21). The molecule has 0 aliphatic carbocycles. The van der Waals surface area contributed by atoms with Gasteiger partial charge in [0, 0.05) is 18.2 Å². The second-order valence-electron chi connectivity index (χ2n) is 4.95. The molecular weight excluding hydrogens is 302 g/mol. The fraction of sp³-hybridized carbons (Fsp3) is 0.267. The van der Waals surface area contributed by atoms with Gasteiger partial charge in [0.15, 0.2) is 12.9 Å². The van der Waals surface area contributed by atoms with Gasteiger partial charge in [-0.15, -0.1) is 0 Å². The highest BCUT2D eigenvalue weighted by molar-refractivity contribution is 5.91. The van der Waals surface area contributed by atoms with E-state index in [1.165, 1.54) is 18.3 Å². The molecule has 3 N–H and O–H groups in total. The van der Waals surface area contributed by atoms with Crippen molar-refractivity contribution in [2.24, 2.45) is 0 Å². The van der Waals surface area contributed by atoms with Crippen LogP contribution in [0.5, 0.6) is 17.2 Å². The van der Waals surface area contributed by atoms with Gasteiger partial charge in [-0.3, -0.25) is 14.7 Å². The van der Waals surface area contributed by atoms with Gasteiger partial charge in [0.05, 0.1) is 17.9 Å². The van der Waals surface area contributed by atoms with E-state index in [9.17, 15) is 14.7 Å². The molecule has 0 bridgehead atoms. The average Bonchev–Trinajstić information content (AvgIpc) is 2.97. The van der Waals surface area contributed by atoms with Crippen molar-refractivity contribution in [1.29, 1.82) is 0 Å². The highest BCUT2D eigenvalue weighted by atomic mass is 16.5. The topological polar surface area (TPSA) is 114 Å². The Kier molecular flexibility index (Phi) is 5.19. The molecule has 2 rings (SSSR count). The Morgan fingerprint density at radius 1 is 1.48 bits per heavy atom. The number of anilines is 1. The Labute approximate surface area is 132 Å². The van der Waals surface area contributed by atoms with E-state index in [4.69, 9.17) is 9.47 Å². The molecular formula is C15H17N3O5. The van der Waals surface area contributed by atoms with E-state index in [-0.39, 0.29) is 29.8 Å². The molecule has 0 aliphatic rings. The summed E-state index contributed by atoms with van der Waals surface area (Å²) in [7, 11) is 0. The molecule has 1 amide bonds. The number of aldehydes is 1. The number of phenolic OH excluding ortho intramolecular Hbond substituents is 1. The molecule has 1 aromatic heterocycles. The summed E-state index contributed by atoms with van der Waals surface area (Å²) in [6.45, 7) is 3.30. The average molecular weight is 319 g/mol. The van der Waals surface area contributed by atoms with Gasteiger partial charge in [0.1, 0.15) is 23.1 Å². The molecule has 122 valence electrons. The summed E-state index contributed by atoms with van der Waals surface area (Å²) in [6.07, 6.45) is 1.83. The Morgan fingerprint density at radius 2 is 2.26 bits per heavy atom. The number of hydrogen-bond donors (Lipinski definition) is 3. The van der Waals surface area contributed by atoms with Gasteiger partial charge in [0.25, 0.3) is 5.91 Å².